The highest BCUT2D eigenvalue weighted by Gasteiger charge is 2.17. The van der Waals surface area contributed by atoms with Gasteiger partial charge < -0.3 is 0 Å². The molecule has 28 heavy (non-hydrogen) atoms. The molecule has 0 radical (unpaired) electrons. The lowest BCUT2D eigenvalue weighted by molar-refractivity contribution is 1.44. The van der Waals surface area contributed by atoms with Crippen molar-refractivity contribution < 1.29 is 0 Å². The van der Waals surface area contributed by atoms with Gasteiger partial charge in [0.15, 0.2) is 0 Å². The van der Waals surface area contributed by atoms with Gasteiger partial charge in [-0.15, -0.1) is 0 Å². The summed E-state index contributed by atoms with van der Waals surface area (Å²) < 4.78 is 0. The maximum absolute atomic E-state index is 2.33. The first-order valence-corrected chi connectivity index (χ1v) is 10.4. The van der Waals surface area contributed by atoms with Gasteiger partial charge in [-0.1, -0.05) is 108 Å². The van der Waals surface area contributed by atoms with Crippen LogP contribution in [-0.2, 0) is 0 Å². The summed E-state index contributed by atoms with van der Waals surface area (Å²) >= 11 is 1.86. The lowest BCUT2D eigenvalue weighted by atomic mass is 9.92. The average Bonchev–Trinajstić information content (AvgIpc) is 2.75. The molecular formula is C27H20S. The molecule has 0 heterocycles. The summed E-state index contributed by atoms with van der Waals surface area (Å²) in [7, 11) is 0. The van der Waals surface area contributed by atoms with Crippen LogP contribution in [0, 0.1) is 6.92 Å². The van der Waals surface area contributed by atoms with Crippen LogP contribution in [0.3, 0.4) is 0 Å². The van der Waals surface area contributed by atoms with Crippen molar-refractivity contribution in [3.8, 4) is 11.1 Å². The van der Waals surface area contributed by atoms with Crippen LogP contribution in [-0.4, -0.2) is 0 Å². The van der Waals surface area contributed by atoms with Crippen LogP contribution in [0.5, 0.6) is 0 Å². The van der Waals surface area contributed by atoms with Crippen molar-refractivity contribution in [2.75, 3.05) is 0 Å². The molecule has 5 rings (SSSR count). The number of rotatable bonds is 3. The van der Waals surface area contributed by atoms with Gasteiger partial charge in [0.1, 0.15) is 0 Å². The molecule has 0 aromatic heterocycles. The summed E-state index contributed by atoms with van der Waals surface area (Å²) in [6.45, 7) is 2.17. The molecule has 0 saturated carbocycles. The van der Waals surface area contributed by atoms with E-state index in [0.29, 0.717) is 0 Å². The first kappa shape index (κ1) is 17.1. The van der Waals surface area contributed by atoms with Crippen LogP contribution >= 0.6 is 11.8 Å². The van der Waals surface area contributed by atoms with Gasteiger partial charge in [0, 0.05) is 15.4 Å². The van der Waals surface area contributed by atoms with Crippen molar-refractivity contribution in [3.63, 3.8) is 0 Å². The predicted octanol–water partition coefficient (Wildman–Crippen LogP) is 8.12. The summed E-state index contributed by atoms with van der Waals surface area (Å²) in [6, 6.07) is 37.1. The monoisotopic (exact) mass is 376 g/mol. The molecule has 0 N–H and O–H groups in total. The first-order chi connectivity index (χ1) is 13.8. The Bertz CT molecular complexity index is 1270. The zero-order chi connectivity index (χ0) is 18.9. The fraction of sp³-hybridized carbons (Fsp3) is 0.0370. The quantitative estimate of drug-likeness (QED) is 0.286. The molecule has 0 spiro atoms. The van der Waals surface area contributed by atoms with Crippen LogP contribution in [0.25, 0.3) is 32.7 Å². The van der Waals surface area contributed by atoms with Crippen LogP contribution < -0.4 is 0 Å². The fourth-order valence-electron chi connectivity index (χ4n) is 3.88. The third-order valence-electron chi connectivity index (χ3n) is 5.16. The molecule has 0 atom stereocenters. The summed E-state index contributed by atoms with van der Waals surface area (Å²) in [5.41, 5.74) is 3.88. The largest absolute Gasteiger partial charge is 0.0888 e. The van der Waals surface area contributed by atoms with Gasteiger partial charge in [-0.25, -0.2) is 0 Å². The molecule has 5 aromatic carbocycles. The second kappa shape index (κ2) is 7.18. The number of hydrogen-bond acceptors (Lipinski definition) is 1. The second-order valence-electron chi connectivity index (χ2n) is 7.08. The normalized spacial score (nSPS) is 11.2. The van der Waals surface area contributed by atoms with Gasteiger partial charge in [0.2, 0.25) is 0 Å². The minimum Gasteiger partial charge on any atom is -0.0888 e. The Labute approximate surface area is 169 Å². The number of benzene rings is 5. The summed E-state index contributed by atoms with van der Waals surface area (Å²) in [4.78, 5) is 2.59. The molecule has 0 amide bonds. The molecule has 0 nitrogen and oxygen atoms in total. The van der Waals surface area contributed by atoms with E-state index in [2.05, 4.69) is 110 Å². The van der Waals surface area contributed by atoms with Crippen molar-refractivity contribution in [1.29, 1.82) is 0 Å². The van der Waals surface area contributed by atoms with Crippen LogP contribution in [0.4, 0.5) is 0 Å². The minimum atomic E-state index is 1.26. The Balaban J connectivity index is 1.94. The fourth-order valence-corrected chi connectivity index (χ4v) is 5.02. The van der Waals surface area contributed by atoms with E-state index in [1.165, 1.54) is 48.0 Å². The highest BCUT2D eigenvalue weighted by atomic mass is 32.2. The average molecular weight is 377 g/mol. The summed E-state index contributed by atoms with van der Waals surface area (Å²) in [5.74, 6) is 0. The molecular weight excluding hydrogens is 356 g/mol. The van der Waals surface area contributed by atoms with Gasteiger partial charge in [0.05, 0.1) is 0 Å². The third-order valence-corrected chi connectivity index (χ3v) is 6.29. The van der Waals surface area contributed by atoms with Gasteiger partial charge in [-0.05, 0) is 46.2 Å². The van der Waals surface area contributed by atoms with E-state index in [9.17, 15) is 0 Å². The molecule has 0 unspecified atom stereocenters. The van der Waals surface area contributed by atoms with E-state index in [0.717, 1.165) is 0 Å². The minimum absolute atomic E-state index is 1.26. The molecule has 5 aromatic rings. The van der Waals surface area contributed by atoms with Crippen LogP contribution in [0.15, 0.2) is 113 Å². The van der Waals surface area contributed by atoms with Crippen molar-refractivity contribution in [1.82, 2.24) is 0 Å². The number of hydrogen-bond donors (Lipinski definition) is 0. The lowest BCUT2D eigenvalue weighted by Gasteiger charge is -2.18. The third kappa shape index (κ3) is 2.98. The molecule has 1 heteroatoms. The molecule has 0 saturated heterocycles. The van der Waals surface area contributed by atoms with Crippen LogP contribution in [0.1, 0.15) is 5.56 Å². The molecule has 0 aliphatic carbocycles. The summed E-state index contributed by atoms with van der Waals surface area (Å²) in [6.07, 6.45) is 0. The van der Waals surface area contributed by atoms with Crippen molar-refractivity contribution in [2.45, 2.75) is 16.7 Å². The zero-order valence-corrected chi connectivity index (χ0v) is 16.5. The van der Waals surface area contributed by atoms with E-state index in [1.54, 1.807) is 0 Å². The maximum atomic E-state index is 2.33. The highest BCUT2D eigenvalue weighted by Crippen LogP contribution is 2.46. The second-order valence-corrected chi connectivity index (χ2v) is 8.16. The Hall–Kier alpha value is -3.03. The Morgan fingerprint density at radius 1 is 0.536 bits per heavy atom. The molecule has 0 aliphatic rings. The summed E-state index contributed by atoms with van der Waals surface area (Å²) in [5, 5.41) is 5.27. The highest BCUT2D eigenvalue weighted by molar-refractivity contribution is 7.99. The molecule has 0 fully saturated rings. The Kier molecular flexibility index (Phi) is 4.38. The topological polar surface area (TPSA) is 0 Å². The SMILES string of the molecule is Cc1ccc2c(c1)c(-c1ccccc1)c(Sc1ccccc1)c1ccccc12. The van der Waals surface area contributed by atoms with E-state index >= 15 is 0 Å². The van der Waals surface area contributed by atoms with Crippen LogP contribution in [0.2, 0.25) is 0 Å². The maximum Gasteiger partial charge on any atom is 0.0285 e. The number of fused-ring (bicyclic) bond motifs is 3. The van der Waals surface area contributed by atoms with Crippen molar-refractivity contribution >= 4 is 33.3 Å². The predicted molar refractivity (Wildman–Crippen MR) is 122 cm³/mol. The number of aryl methyl sites for hydroxylation is 1. The lowest BCUT2D eigenvalue weighted by Crippen LogP contribution is -1.90. The van der Waals surface area contributed by atoms with Gasteiger partial charge >= 0.3 is 0 Å². The van der Waals surface area contributed by atoms with E-state index in [1.807, 2.05) is 11.8 Å². The van der Waals surface area contributed by atoms with E-state index < -0.39 is 0 Å². The Morgan fingerprint density at radius 2 is 1.14 bits per heavy atom. The van der Waals surface area contributed by atoms with E-state index in [-0.39, 0.29) is 0 Å². The molecule has 0 aliphatic heterocycles. The molecule has 134 valence electrons. The molecule has 0 bridgehead atoms. The van der Waals surface area contributed by atoms with Gasteiger partial charge in [-0.3, -0.25) is 0 Å². The van der Waals surface area contributed by atoms with E-state index in [4.69, 9.17) is 0 Å². The van der Waals surface area contributed by atoms with Crippen molar-refractivity contribution in [3.05, 3.63) is 109 Å². The van der Waals surface area contributed by atoms with Gasteiger partial charge in [0.25, 0.3) is 0 Å². The van der Waals surface area contributed by atoms with Gasteiger partial charge in [-0.2, -0.15) is 0 Å². The Morgan fingerprint density at radius 3 is 1.89 bits per heavy atom. The smallest absolute Gasteiger partial charge is 0.0285 e. The first-order valence-electron chi connectivity index (χ1n) is 9.54. The van der Waals surface area contributed by atoms with Crippen molar-refractivity contribution in [2.24, 2.45) is 0 Å². The zero-order valence-electron chi connectivity index (χ0n) is 15.7. The standard InChI is InChI=1S/C27H20S/c1-19-16-17-23-22-14-8-9-15-24(22)27(28-21-12-6-3-7-13-21)26(25(23)18-19)20-10-4-2-5-11-20/h2-18H,1H3.